The number of pyridine rings is 1. The normalized spacial score (nSPS) is 12.7. The Hall–Kier alpha value is -7.49. The van der Waals surface area contributed by atoms with Gasteiger partial charge in [0.15, 0.2) is 5.82 Å². The van der Waals surface area contributed by atoms with Gasteiger partial charge in [-0.15, -0.1) is 0 Å². The van der Waals surface area contributed by atoms with Crippen LogP contribution < -0.4 is 0 Å². The predicted octanol–water partition coefficient (Wildman–Crippen LogP) is 14.5. The molecule has 0 atom stereocenters. The second-order valence-corrected chi connectivity index (χ2v) is 16.1. The monoisotopic (exact) mass is 753 g/mol. The fourth-order valence-electron chi connectivity index (χ4n) is 8.95. The third-order valence-corrected chi connectivity index (χ3v) is 12.1. The number of fused-ring (bicyclic) bond motifs is 5. The predicted molar refractivity (Wildman–Crippen MR) is 245 cm³/mol. The number of nitrogens with zero attached hydrogens (tertiary/aromatic N) is 3. The van der Waals surface area contributed by atoms with E-state index in [1.807, 2.05) is 6.07 Å². The highest BCUT2D eigenvalue weighted by Gasteiger charge is 2.36. The number of benzene rings is 8. The molecule has 2 heterocycles. The van der Waals surface area contributed by atoms with E-state index in [2.05, 4.69) is 208 Å². The molecule has 11 rings (SSSR count). The lowest BCUT2D eigenvalue weighted by Crippen LogP contribution is -2.14. The van der Waals surface area contributed by atoms with E-state index >= 15 is 0 Å². The summed E-state index contributed by atoms with van der Waals surface area (Å²) >= 11 is 0. The van der Waals surface area contributed by atoms with Crippen molar-refractivity contribution in [2.24, 2.45) is 0 Å². The highest BCUT2D eigenvalue weighted by Crippen LogP contribution is 2.50. The molecule has 0 saturated heterocycles. The maximum Gasteiger partial charge on any atom is 0.160 e. The zero-order valence-electron chi connectivity index (χ0n) is 32.9. The molecule has 8 aromatic carbocycles. The second kappa shape index (κ2) is 13.9. The summed E-state index contributed by atoms with van der Waals surface area (Å²) in [5.74, 6) is 0.672. The quantitative estimate of drug-likeness (QED) is 0.170. The molecule has 1 aliphatic rings. The summed E-state index contributed by atoms with van der Waals surface area (Å²) < 4.78 is 0. The first kappa shape index (κ1) is 34.7. The molecule has 3 nitrogen and oxygen atoms in total. The molecule has 0 fully saturated rings. The summed E-state index contributed by atoms with van der Waals surface area (Å²) in [6.45, 7) is 4.66. The Balaban J connectivity index is 1.09. The van der Waals surface area contributed by atoms with Crippen molar-refractivity contribution in [2.75, 3.05) is 0 Å². The van der Waals surface area contributed by atoms with E-state index in [4.69, 9.17) is 15.0 Å². The van der Waals surface area contributed by atoms with Gasteiger partial charge in [0.25, 0.3) is 0 Å². The van der Waals surface area contributed by atoms with Gasteiger partial charge in [-0.1, -0.05) is 172 Å². The van der Waals surface area contributed by atoms with Gasteiger partial charge in [0.2, 0.25) is 0 Å². The third kappa shape index (κ3) is 6.11. The maximum absolute atomic E-state index is 5.47. The van der Waals surface area contributed by atoms with Gasteiger partial charge < -0.3 is 0 Å². The Kier molecular flexibility index (Phi) is 8.16. The molecule has 0 aliphatic heterocycles. The lowest BCUT2D eigenvalue weighted by atomic mass is 9.82. The van der Waals surface area contributed by atoms with Crippen molar-refractivity contribution in [3.63, 3.8) is 0 Å². The van der Waals surface area contributed by atoms with Crippen LogP contribution in [0.5, 0.6) is 0 Å². The Morgan fingerprint density at radius 3 is 1.73 bits per heavy atom. The molecular formula is C56H39N3. The lowest BCUT2D eigenvalue weighted by Gasteiger charge is -2.22. The molecule has 0 N–H and O–H groups in total. The zero-order valence-corrected chi connectivity index (χ0v) is 32.9. The smallest absolute Gasteiger partial charge is 0.160 e. The van der Waals surface area contributed by atoms with Crippen LogP contribution in [0, 0.1) is 0 Å². The Labute approximate surface area is 344 Å². The first-order valence-corrected chi connectivity index (χ1v) is 20.3. The molecule has 3 heteroatoms. The molecule has 0 amide bonds. The van der Waals surface area contributed by atoms with E-state index in [0.717, 1.165) is 61.4 Å². The van der Waals surface area contributed by atoms with Crippen LogP contribution >= 0.6 is 0 Å². The van der Waals surface area contributed by atoms with Crippen LogP contribution in [-0.4, -0.2) is 15.0 Å². The molecule has 10 aromatic rings. The summed E-state index contributed by atoms with van der Waals surface area (Å²) in [6, 6.07) is 71.4. The van der Waals surface area contributed by atoms with Gasteiger partial charge in [0.05, 0.1) is 22.6 Å². The number of hydrogen-bond acceptors (Lipinski definition) is 3. The van der Waals surface area contributed by atoms with Gasteiger partial charge >= 0.3 is 0 Å². The van der Waals surface area contributed by atoms with Crippen molar-refractivity contribution in [3.05, 3.63) is 211 Å². The molecule has 0 saturated carbocycles. The minimum atomic E-state index is -0.144. The molecule has 0 bridgehead atoms. The van der Waals surface area contributed by atoms with Crippen molar-refractivity contribution in [2.45, 2.75) is 19.3 Å². The largest absolute Gasteiger partial charge is 0.248 e. The first-order chi connectivity index (χ1) is 29.0. The summed E-state index contributed by atoms with van der Waals surface area (Å²) in [5.41, 5.74) is 17.5. The fraction of sp³-hybridized carbons (Fsp3) is 0.0536. The van der Waals surface area contributed by atoms with Crippen molar-refractivity contribution in [1.82, 2.24) is 15.0 Å². The van der Waals surface area contributed by atoms with Crippen LogP contribution in [-0.2, 0) is 5.41 Å². The SMILES string of the molecule is CC1(C)c2ccccc2-c2cc3c(-c4cccc(-c5ccccc5)c4)cc(-c4cccc(-c5nc(-c6ccccc6)cc(-c6ccc7ccccc7c6)n5)c4)nc3cc21. The molecule has 0 spiro atoms. The second-order valence-electron chi connectivity index (χ2n) is 16.1. The van der Waals surface area contributed by atoms with Crippen molar-refractivity contribution >= 4 is 21.7 Å². The molecule has 1 aliphatic carbocycles. The van der Waals surface area contributed by atoms with Crippen LogP contribution in [0.3, 0.4) is 0 Å². The van der Waals surface area contributed by atoms with Crippen LogP contribution in [0.15, 0.2) is 200 Å². The van der Waals surface area contributed by atoms with E-state index in [1.165, 1.54) is 44.2 Å². The van der Waals surface area contributed by atoms with E-state index in [-0.39, 0.29) is 5.41 Å². The Morgan fingerprint density at radius 1 is 0.322 bits per heavy atom. The van der Waals surface area contributed by atoms with Crippen LogP contribution in [0.2, 0.25) is 0 Å². The topological polar surface area (TPSA) is 38.7 Å². The highest BCUT2D eigenvalue weighted by atomic mass is 14.9. The van der Waals surface area contributed by atoms with E-state index < -0.39 is 0 Å². The van der Waals surface area contributed by atoms with Crippen LogP contribution in [0.4, 0.5) is 0 Å². The standard InChI is InChI=1S/C56H39N3/c1-56(2)49-26-12-11-25-45(49)47-32-48-46(41-22-13-21-40(29-41)36-15-5-3-6-16-36)33-51(57-54(48)34-50(47)56)42-23-14-24-44(31-42)55-58-52(38-18-7-4-8-19-38)35-53(59-55)43-28-27-37-17-9-10-20-39(37)30-43/h3-35H,1-2H3. The Bertz CT molecular complexity index is 3240. The molecular weight excluding hydrogens is 715 g/mol. The van der Waals surface area contributed by atoms with Gasteiger partial charge in [-0.25, -0.2) is 15.0 Å². The number of rotatable bonds is 6. The van der Waals surface area contributed by atoms with Crippen molar-refractivity contribution in [1.29, 1.82) is 0 Å². The summed E-state index contributed by atoms with van der Waals surface area (Å²) in [4.78, 5) is 15.9. The zero-order chi connectivity index (χ0) is 39.5. The van der Waals surface area contributed by atoms with Gasteiger partial charge in [-0.2, -0.15) is 0 Å². The summed E-state index contributed by atoms with van der Waals surface area (Å²) in [6.07, 6.45) is 0. The van der Waals surface area contributed by atoms with E-state index in [0.29, 0.717) is 5.82 Å². The maximum atomic E-state index is 5.47. The van der Waals surface area contributed by atoms with E-state index in [9.17, 15) is 0 Å². The molecule has 0 radical (unpaired) electrons. The van der Waals surface area contributed by atoms with Gasteiger partial charge in [0, 0.05) is 33.1 Å². The minimum absolute atomic E-state index is 0.144. The number of aromatic nitrogens is 3. The van der Waals surface area contributed by atoms with Crippen molar-refractivity contribution < 1.29 is 0 Å². The summed E-state index contributed by atoms with van der Waals surface area (Å²) in [7, 11) is 0. The average Bonchev–Trinajstić information content (AvgIpc) is 3.53. The lowest BCUT2D eigenvalue weighted by molar-refractivity contribution is 0.661. The minimum Gasteiger partial charge on any atom is -0.248 e. The van der Waals surface area contributed by atoms with Crippen LogP contribution in [0.25, 0.3) is 100 Å². The Morgan fingerprint density at radius 2 is 0.915 bits per heavy atom. The third-order valence-electron chi connectivity index (χ3n) is 12.1. The van der Waals surface area contributed by atoms with Crippen molar-refractivity contribution in [3.8, 4) is 78.5 Å². The van der Waals surface area contributed by atoms with E-state index in [1.54, 1.807) is 0 Å². The molecule has 278 valence electrons. The van der Waals surface area contributed by atoms with Gasteiger partial charge in [-0.05, 0) is 97.7 Å². The number of hydrogen-bond donors (Lipinski definition) is 0. The summed E-state index contributed by atoms with van der Waals surface area (Å²) in [5, 5.41) is 3.52. The molecule has 0 unspecified atom stereocenters. The van der Waals surface area contributed by atoms with Crippen LogP contribution in [0.1, 0.15) is 25.0 Å². The van der Waals surface area contributed by atoms with Gasteiger partial charge in [-0.3, -0.25) is 0 Å². The van der Waals surface area contributed by atoms with Gasteiger partial charge in [0.1, 0.15) is 0 Å². The highest BCUT2D eigenvalue weighted by molar-refractivity contribution is 6.02. The average molecular weight is 754 g/mol. The molecule has 59 heavy (non-hydrogen) atoms. The first-order valence-electron chi connectivity index (χ1n) is 20.3. The molecule has 2 aromatic heterocycles. The fourth-order valence-corrected chi connectivity index (χ4v) is 8.95.